The number of hydrogen-bond donors (Lipinski definition) is 0. The molecular weight excluding hydrogens is 256 g/mol. The molecule has 0 saturated heterocycles. The maximum Gasteiger partial charge on any atom is 0.328 e. The van der Waals surface area contributed by atoms with Gasteiger partial charge in [0.2, 0.25) is 0 Å². The van der Waals surface area contributed by atoms with Crippen molar-refractivity contribution in [2.24, 2.45) is 0 Å². The Bertz CT molecular complexity index is 668. The van der Waals surface area contributed by atoms with Crippen LogP contribution in [0.25, 0.3) is 0 Å². The van der Waals surface area contributed by atoms with E-state index >= 15 is 0 Å². The first kappa shape index (κ1) is 14.1. The van der Waals surface area contributed by atoms with Crippen LogP contribution in [-0.2, 0) is 6.54 Å². The zero-order valence-electron chi connectivity index (χ0n) is 11.9. The van der Waals surface area contributed by atoms with Crippen molar-refractivity contribution >= 4 is 6.29 Å². The predicted octanol–water partition coefficient (Wildman–Crippen LogP) is 2.10. The Morgan fingerprint density at radius 1 is 1.30 bits per heavy atom. The molecule has 5 heteroatoms. The third-order valence-electron chi connectivity index (χ3n) is 3.21. The highest BCUT2D eigenvalue weighted by atomic mass is 16.5. The fraction of sp³-hybridized carbons (Fsp3) is 0.333. The molecule has 1 aromatic carbocycles. The fourth-order valence-corrected chi connectivity index (χ4v) is 2.12. The van der Waals surface area contributed by atoms with Gasteiger partial charge < -0.3 is 4.74 Å². The Morgan fingerprint density at radius 3 is 2.60 bits per heavy atom. The lowest BCUT2D eigenvalue weighted by molar-refractivity contribution is 0.112. The molecule has 106 valence electrons. The van der Waals surface area contributed by atoms with Gasteiger partial charge in [0.15, 0.2) is 0 Å². The van der Waals surface area contributed by atoms with Gasteiger partial charge in [0.1, 0.15) is 12.0 Å². The molecule has 0 aliphatic carbocycles. The summed E-state index contributed by atoms with van der Waals surface area (Å²) in [4.78, 5) is 23.0. The number of imidazole rings is 1. The Kier molecular flexibility index (Phi) is 4.08. The smallest absolute Gasteiger partial charge is 0.328 e. The summed E-state index contributed by atoms with van der Waals surface area (Å²) in [6.45, 7) is 4.29. The van der Waals surface area contributed by atoms with Crippen LogP contribution in [0.5, 0.6) is 5.75 Å². The molecule has 0 atom stereocenters. The number of aromatic nitrogens is 2. The van der Waals surface area contributed by atoms with Crippen molar-refractivity contribution in [1.82, 2.24) is 9.13 Å². The second kappa shape index (κ2) is 5.77. The number of carbonyl (C=O) groups excluding carboxylic acids is 1. The zero-order valence-corrected chi connectivity index (χ0v) is 11.9. The minimum Gasteiger partial charge on any atom is -0.496 e. The van der Waals surface area contributed by atoms with Crippen LogP contribution in [0.1, 0.15) is 35.8 Å². The maximum atomic E-state index is 12.2. The number of methoxy groups -OCH3 is 1. The molecule has 0 bridgehead atoms. The second-order valence-corrected chi connectivity index (χ2v) is 4.90. The summed E-state index contributed by atoms with van der Waals surface area (Å²) in [5, 5.41) is 0. The van der Waals surface area contributed by atoms with E-state index in [-0.39, 0.29) is 11.7 Å². The summed E-state index contributed by atoms with van der Waals surface area (Å²) >= 11 is 0. The summed E-state index contributed by atoms with van der Waals surface area (Å²) in [6, 6.07) is 5.29. The molecule has 0 unspecified atom stereocenters. The maximum absolute atomic E-state index is 12.2. The summed E-state index contributed by atoms with van der Waals surface area (Å²) in [5.41, 5.74) is 1.30. The highest BCUT2D eigenvalue weighted by Gasteiger charge is 2.10. The van der Waals surface area contributed by atoms with Gasteiger partial charge in [-0.25, -0.2) is 4.79 Å². The third kappa shape index (κ3) is 2.66. The van der Waals surface area contributed by atoms with E-state index in [1.807, 2.05) is 13.8 Å². The molecule has 0 amide bonds. The van der Waals surface area contributed by atoms with Crippen LogP contribution in [-0.4, -0.2) is 22.5 Å². The standard InChI is InChI=1S/C15H18N2O3/c1-11(2)17-7-6-16(15(17)19)9-13-8-12(10-18)4-5-14(13)20-3/h4-8,10-11H,9H2,1-3H3. The first-order valence-corrected chi connectivity index (χ1v) is 6.46. The Hall–Kier alpha value is -2.30. The number of hydrogen-bond acceptors (Lipinski definition) is 3. The van der Waals surface area contributed by atoms with Gasteiger partial charge in [-0.05, 0) is 32.0 Å². The molecule has 2 rings (SSSR count). The van der Waals surface area contributed by atoms with E-state index in [0.717, 1.165) is 11.8 Å². The van der Waals surface area contributed by atoms with E-state index in [1.54, 1.807) is 46.8 Å². The van der Waals surface area contributed by atoms with Gasteiger partial charge in [-0.1, -0.05) is 0 Å². The number of aldehydes is 1. The molecular formula is C15H18N2O3. The molecule has 0 N–H and O–H groups in total. The number of benzene rings is 1. The largest absolute Gasteiger partial charge is 0.496 e. The molecule has 5 nitrogen and oxygen atoms in total. The topological polar surface area (TPSA) is 53.2 Å². The van der Waals surface area contributed by atoms with Gasteiger partial charge >= 0.3 is 5.69 Å². The zero-order chi connectivity index (χ0) is 14.7. The lowest BCUT2D eigenvalue weighted by Gasteiger charge is -2.10. The molecule has 0 aliphatic rings. The molecule has 0 radical (unpaired) electrons. The van der Waals surface area contributed by atoms with Crippen molar-refractivity contribution < 1.29 is 9.53 Å². The molecule has 0 aliphatic heterocycles. The number of carbonyl (C=O) groups is 1. The van der Waals surface area contributed by atoms with E-state index in [2.05, 4.69) is 0 Å². The van der Waals surface area contributed by atoms with Crippen molar-refractivity contribution in [3.8, 4) is 5.75 Å². The molecule has 0 spiro atoms. The summed E-state index contributed by atoms with van der Waals surface area (Å²) in [5.74, 6) is 0.666. The van der Waals surface area contributed by atoms with E-state index < -0.39 is 0 Å². The van der Waals surface area contributed by atoms with Crippen molar-refractivity contribution in [2.75, 3.05) is 7.11 Å². The molecule has 20 heavy (non-hydrogen) atoms. The van der Waals surface area contributed by atoms with Crippen LogP contribution in [0.15, 0.2) is 35.4 Å². The first-order chi connectivity index (χ1) is 9.56. The van der Waals surface area contributed by atoms with Crippen molar-refractivity contribution in [2.45, 2.75) is 26.4 Å². The normalized spacial score (nSPS) is 10.8. The van der Waals surface area contributed by atoms with Crippen molar-refractivity contribution in [3.63, 3.8) is 0 Å². The minimum absolute atomic E-state index is 0.0708. The lowest BCUT2D eigenvalue weighted by atomic mass is 10.1. The quantitative estimate of drug-likeness (QED) is 0.785. The molecule has 0 fully saturated rings. The molecule has 0 saturated carbocycles. The number of nitrogens with zero attached hydrogens (tertiary/aromatic N) is 2. The molecule has 2 aromatic rings. The Labute approximate surface area is 117 Å². The summed E-state index contributed by atoms with van der Waals surface area (Å²) in [7, 11) is 1.57. The van der Waals surface area contributed by atoms with Crippen LogP contribution in [0, 0.1) is 0 Å². The van der Waals surface area contributed by atoms with Gasteiger partial charge in [0, 0.05) is 29.6 Å². The van der Waals surface area contributed by atoms with Crippen LogP contribution in [0.4, 0.5) is 0 Å². The van der Waals surface area contributed by atoms with E-state index in [9.17, 15) is 9.59 Å². The average molecular weight is 274 g/mol. The summed E-state index contributed by atoms with van der Waals surface area (Å²) < 4.78 is 8.54. The minimum atomic E-state index is -0.0708. The second-order valence-electron chi connectivity index (χ2n) is 4.90. The van der Waals surface area contributed by atoms with E-state index in [4.69, 9.17) is 4.74 Å². The Morgan fingerprint density at radius 2 is 2.05 bits per heavy atom. The number of rotatable bonds is 5. The van der Waals surface area contributed by atoms with Crippen molar-refractivity contribution in [1.29, 1.82) is 0 Å². The highest BCUT2D eigenvalue weighted by molar-refractivity contribution is 5.75. The molecule has 1 aromatic heterocycles. The van der Waals surface area contributed by atoms with E-state index in [1.165, 1.54) is 0 Å². The van der Waals surface area contributed by atoms with Gasteiger partial charge in [0.25, 0.3) is 0 Å². The van der Waals surface area contributed by atoms with Crippen molar-refractivity contribution in [3.05, 3.63) is 52.2 Å². The molecule has 1 heterocycles. The van der Waals surface area contributed by atoms with Gasteiger partial charge in [-0.3, -0.25) is 13.9 Å². The predicted molar refractivity (Wildman–Crippen MR) is 76.6 cm³/mol. The van der Waals surface area contributed by atoms with Gasteiger partial charge in [-0.2, -0.15) is 0 Å². The van der Waals surface area contributed by atoms with E-state index in [0.29, 0.717) is 17.9 Å². The van der Waals surface area contributed by atoms with Crippen LogP contribution < -0.4 is 10.4 Å². The first-order valence-electron chi connectivity index (χ1n) is 6.46. The monoisotopic (exact) mass is 274 g/mol. The average Bonchev–Trinajstić information content (AvgIpc) is 2.80. The SMILES string of the molecule is COc1ccc(C=O)cc1Cn1ccn(C(C)C)c1=O. The third-order valence-corrected chi connectivity index (χ3v) is 3.21. The van der Waals surface area contributed by atoms with Crippen LogP contribution in [0.2, 0.25) is 0 Å². The summed E-state index contributed by atoms with van der Waals surface area (Å²) in [6.07, 6.45) is 4.30. The lowest BCUT2D eigenvalue weighted by Crippen LogP contribution is -2.25. The number of ether oxygens (including phenoxy) is 1. The van der Waals surface area contributed by atoms with Gasteiger partial charge in [-0.15, -0.1) is 0 Å². The highest BCUT2D eigenvalue weighted by Crippen LogP contribution is 2.20. The van der Waals surface area contributed by atoms with Crippen LogP contribution in [0.3, 0.4) is 0 Å². The fourth-order valence-electron chi connectivity index (χ4n) is 2.12. The van der Waals surface area contributed by atoms with Gasteiger partial charge in [0.05, 0.1) is 13.7 Å². The van der Waals surface area contributed by atoms with Crippen LogP contribution >= 0.6 is 0 Å². The Balaban J connectivity index is 2.39.